The van der Waals surface area contributed by atoms with Crippen LogP contribution in [-0.4, -0.2) is 27.5 Å². The van der Waals surface area contributed by atoms with Gasteiger partial charge in [0.25, 0.3) is 0 Å². The number of amides is 1. The highest BCUT2D eigenvalue weighted by Crippen LogP contribution is 2.23. The molecule has 0 bridgehead atoms. The van der Waals surface area contributed by atoms with E-state index in [4.69, 9.17) is 12.2 Å². The van der Waals surface area contributed by atoms with Crippen LogP contribution in [0.3, 0.4) is 0 Å². The van der Waals surface area contributed by atoms with Crippen LogP contribution in [-0.2, 0) is 4.79 Å². The van der Waals surface area contributed by atoms with Crippen LogP contribution >= 0.6 is 35.3 Å². The lowest BCUT2D eigenvalue weighted by Crippen LogP contribution is -2.31. The Bertz CT molecular complexity index is 634. The summed E-state index contributed by atoms with van der Waals surface area (Å²) in [6.07, 6.45) is 0. The Balaban J connectivity index is 2.05. The summed E-state index contributed by atoms with van der Waals surface area (Å²) >= 11 is 8.14. The van der Waals surface area contributed by atoms with Crippen molar-refractivity contribution >= 4 is 41.2 Å². The van der Waals surface area contributed by atoms with Crippen LogP contribution in [0.15, 0.2) is 34.7 Å². The molecule has 2 aromatic rings. The average molecular weight is 325 g/mol. The Kier molecular flexibility index (Phi) is 5.33. The molecule has 7 heteroatoms. The topological polar surface area (TPSA) is 46.9 Å². The van der Waals surface area contributed by atoms with Crippen LogP contribution in [0.25, 0.3) is 5.69 Å². The minimum absolute atomic E-state index is 0.0115. The minimum Gasteiger partial charge on any atom is -0.353 e. The molecule has 0 spiro atoms. The molecule has 1 N–H and O–H groups in total. The molecular formula is C13H15N3OS3. The zero-order valence-corrected chi connectivity index (χ0v) is 13.6. The first-order valence-electron chi connectivity index (χ1n) is 6.14. The van der Waals surface area contributed by atoms with Gasteiger partial charge in [-0.3, -0.25) is 4.79 Å². The molecule has 0 aliphatic heterocycles. The zero-order chi connectivity index (χ0) is 14.5. The van der Waals surface area contributed by atoms with E-state index in [0.717, 1.165) is 10.0 Å². The summed E-state index contributed by atoms with van der Waals surface area (Å²) in [5.41, 5.74) is 0.937. The summed E-state index contributed by atoms with van der Waals surface area (Å²) in [6, 6.07) is 9.90. The van der Waals surface area contributed by atoms with E-state index >= 15 is 0 Å². The van der Waals surface area contributed by atoms with Gasteiger partial charge in [-0.1, -0.05) is 41.3 Å². The Morgan fingerprint density at radius 3 is 2.80 bits per heavy atom. The Morgan fingerprint density at radius 2 is 2.15 bits per heavy atom. The van der Waals surface area contributed by atoms with Gasteiger partial charge in [0.2, 0.25) is 5.91 Å². The normalized spacial score (nSPS) is 10.8. The quantitative estimate of drug-likeness (QED) is 0.677. The van der Waals surface area contributed by atoms with E-state index in [2.05, 4.69) is 10.4 Å². The van der Waals surface area contributed by atoms with Crippen molar-refractivity contribution in [2.24, 2.45) is 0 Å². The van der Waals surface area contributed by atoms with Gasteiger partial charge >= 0.3 is 0 Å². The van der Waals surface area contributed by atoms with Gasteiger partial charge in [0.05, 0.1) is 11.4 Å². The van der Waals surface area contributed by atoms with E-state index < -0.39 is 0 Å². The SMILES string of the molecule is CC(C)NC(=O)CSc1nn(-c2ccccc2)c(=S)s1. The summed E-state index contributed by atoms with van der Waals surface area (Å²) in [7, 11) is 0. The molecule has 0 unspecified atom stereocenters. The van der Waals surface area contributed by atoms with Crippen molar-refractivity contribution in [1.29, 1.82) is 0 Å². The highest BCUT2D eigenvalue weighted by atomic mass is 32.2. The number of nitrogens with one attached hydrogen (secondary N) is 1. The highest BCUT2D eigenvalue weighted by Gasteiger charge is 2.09. The number of benzene rings is 1. The largest absolute Gasteiger partial charge is 0.353 e. The van der Waals surface area contributed by atoms with Crippen molar-refractivity contribution < 1.29 is 4.79 Å². The van der Waals surface area contributed by atoms with Crippen molar-refractivity contribution in [3.05, 3.63) is 34.3 Å². The minimum atomic E-state index is 0.0115. The van der Waals surface area contributed by atoms with Gasteiger partial charge in [-0.15, -0.1) is 5.10 Å². The number of hydrogen-bond acceptors (Lipinski definition) is 5. The van der Waals surface area contributed by atoms with Crippen LogP contribution in [0.2, 0.25) is 0 Å². The molecule has 0 radical (unpaired) electrons. The molecule has 0 atom stereocenters. The Labute approximate surface area is 131 Å². The molecule has 106 valence electrons. The summed E-state index contributed by atoms with van der Waals surface area (Å²) in [6.45, 7) is 3.88. The molecule has 2 rings (SSSR count). The lowest BCUT2D eigenvalue weighted by molar-refractivity contribution is -0.119. The average Bonchev–Trinajstić information content (AvgIpc) is 2.78. The Morgan fingerprint density at radius 1 is 1.45 bits per heavy atom. The second-order valence-corrected chi connectivity index (χ2v) is 7.24. The summed E-state index contributed by atoms with van der Waals surface area (Å²) < 4.78 is 3.21. The summed E-state index contributed by atoms with van der Waals surface area (Å²) in [5, 5.41) is 7.30. The molecule has 1 amide bonds. The first kappa shape index (κ1) is 15.2. The van der Waals surface area contributed by atoms with Crippen molar-refractivity contribution in [2.75, 3.05) is 5.75 Å². The van der Waals surface area contributed by atoms with Gasteiger partial charge in [0.15, 0.2) is 8.29 Å². The molecule has 0 saturated heterocycles. The third-order valence-electron chi connectivity index (χ3n) is 2.31. The van der Waals surface area contributed by atoms with E-state index in [1.165, 1.54) is 23.1 Å². The molecule has 1 heterocycles. The van der Waals surface area contributed by atoms with E-state index in [1.54, 1.807) is 4.68 Å². The molecule has 0 aliphatic rings. The Hall–Kier alpha value is -1.18. The lowest BCUT2D eigenvalue weighted by Gasteiger charge is -2.06. The number of thioether (sulfide) groups is 1. The number of aromatic nitrogens is 2. The van der Waals surface area contributed by atoms with Crippen LogP contribution in [0.1, 0.15) is 13.8 Å². The summed E-state index contributed by atoms with van der Waals surface area (Å²) in [4.78, 5) is 11.6. The predicted molar refractivity (Wildman–Crippen MR) is 86.3 cm³/mol. The van der Waals surface area contributed by atoms with E-state index in [1.807, 2.05) is 44.2 Å². The van der Waals surface area contributed by atoms with Gasteiger partial charge in [-0.25, -0.2) is 4.68 Å². The molecule has 4 nitrogen and oxygen atoms in total. The maximum absolute atomic E-state index is 11.6. The van der Waals surface area contributed by atoms with Gasteiger partial charge < -0.3 is 5.32 Å². The summed E-state index contributed by atoms with van der Waals surface area (Å²) in [5.74, 6) is 0.368. The first-order valence-corrected chi connectivity index (χ1v) is 8.35. The van der Waals surface area contributed by atoms with Crippen LogP contribution in [0.5, 0.6) is 0 Å². The van der Waals surface area contributed by atoms with Gasteiger partial charge in [0.1, 0.15) is 0 Å². The zero-order valence-electron chi connectivity index (χ0n) is 11.2. The molecular weight excluding hydrogens is 310 g/mol. The fourth-order valence-corrected chi connectivity index (χ4v) is 3.71. The number of carbonyl (C=O) groups is 1. The monoisotopic (exact) mass is 325 g/mol. The second kappa shape index (κ2) is 7.01. The third kappa shape index (κ3) is 4.16. The molecule has 0 fully saturated rings. The number of para-hydroxylation sites is 1. The number of rotatable bonds is 5. The van der Waals surface area contributed by atoms with Gasteiger partial charge in [-0.05, 0) is 38.2 Å². The molecule has 1 aromatic carbocycles. The van der Waals surface area contributed by atoms with E-state index in [0.29, 0.717) is 9.71 Å². The van der Waals surface area contributed by atoms with Crippen LogP contribution in [0, 0.1) is 3.95 Å². The highest BCUT2D eigenvalue weighted by molar-refractivity contribution is 8.01. The van der Waals surface area contributed by atoms with Crippen molar-refractivity contribution in [1.82, 2.24) is 15.1 Å². The van der Waals surface area contributed by atoms with Crippen molar-refractivity contribution in [3.63, 3.8) is 0 Å². The number of carbonyl (C=O) groups excluding carboxylic acids is 1. The third-order valence-corrected chi connectivity index (χ3v) is 4.67. The molecule has 20 heavy (non-hydrogen) atoms. The van der Waals surface area contributed by atoms with Crippen molar-refractivity contribution in [3.8, 4) is 5.69 Å². The molecule has 1 aromatic heterocycles. The lowest BCUT2D eigenvalue weighted by atomic mass is 10.3. The van der Waals surface area contributed by atoms with E-state index in [-0.39, 0.29) is 11.9 Å². The molecule has 0 saturated carbocycles. The van der Waals surface area contributed by atoms with Crippen LogP contribution < -0.4 is 5.32 Å². The number of hydrogen-bond donors (Lipinski definition) is 1. The second-order valence-electron chi connectivity index (χ2n) is 4.39. The standard InChI is InChI=1S/C13H15N3OS3/c1-9(2)14-11(17)8-19-12-15-16(13(18)20-12)10-6-4-3-5-7-10/h3-7,9H,8H2,1-2H3,(H,14,17). The predicted octanol–water partition coefficient (Wildman–Crippen LogP) is 3.28. The smallest absolute Gasteiger partial charge is 0.230 e. The maximum Gasteiger partial charge on any atom is 0.230 e. The van der Waals surface area contributed by atoms with Crippen molar-refractivity contribution in [2.45, 2.75) is 24.2 Å². The van der Waals surface area contributed by atoms with Crippen LogP contribution in [0.4, 0.5) is 0 Å². The maximum atomic E-state index is 11.6. The first-order chi connectivity index (χ1) is 9.56. The fraction of sp³-hybridized carbons (Fsp3) is 0.308. The van der Waals surface area contributed by atoms with Gasteiger partial charge in [-0.2, -0.15) is 0 Å². The molecule has 0 aliphatic carbocycles. The number of nitrogens with zero attached hydrogens (tertiary/aromatic N) is 2. The van der Waals surface area contributed by atoms with E-state index in [9.17, 15) is 4.79 Å². The van der Waals surface area contributed by atoms with Gasteiger partial charge in [0, 0.05) is 6.04 Å². The fourth-order valence-electron chi connectivity index (χ4n) is 1.54.